The molecule has 0 aromatic rings. The van der Waals surface area contributed by atoms with Crippen LogP contribution in [0.1, 0.15) is 80.1 Å². The number of Topliss-reactive ketones (excluding diaryl/α,β-unsaturated/α-hetero) is 2. The molecule has 0 rings (SSSR count). The SMILES string of the molecule is CCCC(C(C)=O)C(=O)[O-].CCCC(C(C)=O)C(=O)[O-].CCC[O][Sn+2][O]CCC. The van der Waals surface area contributed by atoms with E-state index in [1.807, 2.05) is 13.8 Å². The van der Waals surface area contributed by atoms with Crippen LogP contribution in [-0.2, 0) is 25.3 Å². The van der Waals surface area contributed by atoms with E-state index in [9.17, 15) is 29.4 Å². The summed E-state index contributed by atoms with van der Waals surface area (Å²) in [4.78, 5) is 41.5. The minimum atomic E-state index is -1.26. The molecule has 0 aliphatic heterocycles. The van der Waals surface area contributed by atoms with E-state index in [0.29, 0.717) is 25.7 Å². The summed E-state index contributed by atoms with van der Waals surface area (Å²) in [7, 11) is 0. The first-order valence-corrected chi connectivity index (χ1v) is 12.3. The molecule has 0 bridgehead atoms. The van der Waals surface area contributed by atoms with Crippen molar-refractivity contribution in [1.82, 2.24) is 0 Å². The molecule has 168 valence electrons. The first-order valence-electron chi connectivity index (χ1n) is 10.0. The molecule has 0 aliphatic carbocycles. The van der Waals surface area contributed by atoms with Gasteiger partial charge in [-0.05, 0) is 26.7 Å². The molecule has 0 aromatic heterocycles. The van der Waals surface area contributed by atoms with Crippen molar-refractivity contribution in [1.29, 1.82) is 0 Å². The van der Waals surface area contributed by atoms with Crippen LogP contribution >= 0.6 is 0 Å². The van der Waals surface area contributed by atoms with Crippen molar-refractivity contribution in [3.63, 3.8) is 0 Å². The standard InChI is InChI=1S/2C7H12O3.2C3H7O.Sn/c2*1-3-4-6(5(2)8)7(9)10;2*1-2-3-4;/h2*6H,3-4H2,1-2H3,(H,9,10);2*2-3H2,1H3;/q;;2*-1;+4/p-2. The van der Waals surface area contributed by atoms with Gasteiger partial charge in [0.1, 0.15) is 11.6 Å². The third-order valence-electron chi connectivity index (χ3n) is 3.44. The summed E-state index contributed by atoms with van der Waals surface area (Å²) in [6, 6.07) is 0. The molecule has 9 heteroatoms. The molecule has 0 spiro atoms. The Labute approximate surface area is 186 Å². The number of ketones is 2. The van der Waals surface area contributed by atoms with E-state index in [2.05, 4.69) is 13.8 Å². The van der Waals surface area contributed by atoms with E-state index >= 15 is 0 Å². The molecule has 29 heavy (non-hydrogen) atoms. The maximum atomic E-state index is 10.6. The van der Waals surface area contributed by atoms with E-state index in [1.54, 1.807) is 0 Å². The third-order valence-corrected chi connectivity index (χ3v) is 5.27. The Balaban J connectivity index is -0.000000350. The van der Waals surface area contributed by atoms with Gasteiger partial charge in [0.25, 0.3) is 0 Å². The van der Waals surface area contributed by atoms with Crippen molar-refractivity contribution >= 4 is 45.5 Å². The maximum absolute atomic E-state index is 10.6. The van der Waals surface area contributed by atoms with E-state index in [4.69, 9.17) is 6.15 Å². The molecule has 0 aromatic carbocycles. The number of carboxylic acids is 2. The Kier molecular flexibility index (Phi) is 26.2. The van der Waals surface area contributed by atoms with Crippen molar-refractivity contribution in [3.05, 3.63) is 0 Å². The van der Waals surface area contributed by atoms with Crippen molar-refractivity contribution in [2.45, 2.75) is 80.1 Å². The Morgan fingerprint density at radius 2 is 1.00 bits per heavy atom. The molecule has 2 unspecified atom stereocenters. The molecule has 0 aliphatic rings. The predicted molar refractivity (Wildman–Crippen MR) is 106 cm³/mol. The van der Waals surface area contributed by atoms with Crippen molar-refractivity contribution in [2.75, 3.05) is 13.2 Å². The molecule has 0 heterocycles. The molecule has 0 amide bonds. The quantitative estimate of drug-likeness (QED) is 0.186. The van der Waals surface area contributed by atoms with Crippen LogP contribution in [0.3, 0.4) is 0 Å². The normalized spacial score (nSPS) is 11.5. The zero-order chi connectivity index (χ0) is 23.2. The summed E-state index contributed by atoms with van der Waals surface area (Å²) >= 11 is -0.851. The average Bonchev–Trinajstić information content (AvgIpc) is 2.64. The predicted octanol–water partition coefficient (Wildman–Crippen LogP) is 0.857. The van der Waals surface area contributed by atoms with Crippen LogP contribution in [0.25, 0.3) is 0 Å². The Bertz CT molecular complexity index is 386. The van der Waals surface area contributed by atoms with Crippen LogP contribution < -0.4 is 10.2 Å². The van der Waals surface area contributed by atoms with Crippen molar-refractivity contribution in [3.8, 4) is 0 Å². The molecule has 8 nitrogen and oxygen atoms in total. The van der Waals surface area contributed by atoms with Gasteiger partial charge in [-0.15, -0.1) is 0 Å². The van der Waals surface area contributed by atoms with Gasteiger partial charge >= 0.3 is 68.0 Å². The Morgan fingerprint density at radius 1 is 0.690 bits per heavy atom. The topological polar surface area (TPSA) is 133 Å². The van der Waals surface area contributed by atoms with Gasteiger partial charge in [0.2, 0.25) is 0 Å². The van der Waals surface area contributed by atoms with Gasteiger partial charge in [0.15, 0.2) is 0 Å². The molecule has 0 N–H and O–H groups in total. The number of carboxylic acid groups (broad SMARTS) is 2. The summed E-state index contributed by atoms with van der Waals surface area (Å²) in [5.74, 6) is -4.94. The fraction of sp³-hybridized carbons (Fsp3) is 0.800. The fourth-order valence-corrected chi connectivity index (χ4v) is 3.76. The number of carbonyl (C=O) groups excluding carboxylic acids is 4. The summed E-state index contributed by atoms with van der Waals surface area (Å²) < 4.78 is 10.5. The zero-order valence-corrected chi connectivity index (χ0v) is 21.4. The summed E-state index contributed by atoms with van der Waals surface area (Å²) in [6.45, 7) is 12.2. The van der Waals surface area contributed by atoms with Gasteiger partial charge in [-0.3, -0.25) is 9.59 Å². The van der Waals surface area contributed by atoms with E-state index < -0.39 is 45.7 Å². The van der Waals surface area contributed by atoms with Crippen molar-refractivity contribution in [2.24, 2.45) is 11.8 Å². The number of carbonyl (C=O) groups is 4. The molecular formula is C20H36O8Sn. The van der Waals surface area contributed by atoms with Crippen LogP contribution in [0, 0.1) is 11.8 Å². The third kappa shape index (κ3) is 23.1. The molecule has 0 fully saturated rings. The molecule has 2 atom stereocenters. The van der Waals surface area contributed by atoms with Crippen LogP contribution in [0.5, 0.6) is 0 Å². The summed E-state index contributed by atoms with van der Waals surface area (Å²) in [5, 5.41) is 20.4. The van der Waals surface area contributed by atoms with Crippen molar-refractivity contribution < 1.29 is 35.5 Å². The van der Waals surface area contributed by atoms with Gasteiger partial charge < -0.3 is 19.8 Å². The van der Waals surface area contributed by atoms with E-state index in [-0.39, 0.29) is 11.6 Å². The second-order valence-corrected chi connectivity index (χ2v) is 8.45. The van der Waals surface area contributed by atoms with E-state index in [0.717, 1.165) is 26.1 Å². The number of aliphatic carboxylic acids is 2. The second-order valence-electron chi connectivity index (χ2n) is 6.32. The second kappa shape index (κ2) is 23.3. The van der Waals surface area contributed by atoms with Gasteiger partial charge in [0, 0.05) is 0 Å². The van der Waals surface area contributed by atoms with Gasteiger partial charge in [-0.1, -0.05) is 26.7 Å². The number of hydrogen-bond donors (Lipinski definition) is 0. The molecule has 0 saturated carbocycles. The number of hydrogen-bond acceptors (Lipinski definition) is 8. The monoisotopic (exact) mass is 524 g/mol. The van der Waals surface area contributed by atoms with E-state index in [1.165, 1.54) is 13.8 Å². The summed E-state index contributed by atoms with van der Waals surface area (Å²) in [5.41, 5.74) is 0. The van der Waals surface area contributed by atoms with Crippen LogP contribution in [0.2, 0.25) is 0 Å². The average molecular weight is 523 g/mol. The first kappa shape index (κ1) is 32.7. The Morgan fingerprint density at radius 3 is 1.14 bits per heavy atom. The molecule has 0 radical (unpaired) electrons. The molecular weight excluding hydrogens is 487 g/mol. The summed E-state index contributed by atoms with van der Waals surface area (Å²) in [6.07, 6.45) is 4.37. The van der Waals surface area contributed by atoms with Gasteiger partial charge in [-0.25, -0.2) is 0 Å². The molecule has 0 saturated heterocycles. The van der Waals surface area contributed by atoms with Crippen LogP contribution in [0.4, 0.5) is 0 Å². The van der Waals surface area contributed by atoms with Crippen LogP contribution in [0.15, 0.2) is 0 Å². The van der Waals surface area contributed by atoms with Gasteiger partial charge in [0.05, 0.1) is 23.8 Å². The first-order chi connectivity index (χ1) is 13.6. The van der Waals surface area contributed by atoms with Crippen LogP contribution in [-0.4, -0.2) is 58.7 Å². The minimum absolute atomic E-state index is 0.318. The number of rotatable bonds is 14. The van der Waals surface area contributed by atoms with Gasteiger partial charge in [-0.2, -0.15) is 0 Å². The fourth-order valence-electron chi connectivity index (χ4n) is 1.88. The Hall–Kier alpha value is -1.00. The zero-order valence-electron chi connectivity index (χ0n) is 18.6.